The van der Waals surface area contributed by atoms with Gasteiger partial charge < -0.3 is 10.2 Å². The lowest BCUT2D eigenvalue weighted by Crippen LogP contribution is -2.29. The van der Waals surface area contributed by atoms with E-state index in [4.69, 9.17) is 0 Å². The lowest BCUT2D eigenvalue weighted by Gasteiger charge is -2.17. The van der Waals surface area contributed by atoms with E-state index in [-0.39, 0.29) is 5.91 Å². The van der Waals surface area contributed by atoms with E-state index in [0.29, 0.717) is 12.3 Å². The van der Waals surface area contributed by atoms with Gasteiger partial charge in [-0.1, -0.05) is 42.5 Å². The van der Waals surface area contributed by atoms with Gasteiger partial charge in [0.2, 0.25) is 5.91 Å². The molecule has 0 radical (unpaired) electrons. The molecule has 1 aliphatic carbocycles. The highest BCUT2D eigenvalue weighted by atomic mass is 16.1. The number of rotatable bonds is 8. The first kappa shape index (κ1) is 15.8. The normalized spacial score (nSPS) is 17.3. The highest BCUT2D eigenvalue weighted by molar-refractivity contribution is 5.76. The van der Waals surface area contributed by atoms with E-state index in [1.165, 1.54) is 5.56 Å². The van der Waals surface area contributed by atoms with Crippen LogP contribution in [-0.4, -0.2) is 30.9 Å². The molecule has 1 unspecified atom stereocenters. The molecule has 3 heteroatoms. The minimum absolute atomic E-state index is 0.192. The van der Waals surface area contributed by atoms with Crippen LogP contribution in [-0.2, 0) is 11.3 Å². The Morgan fingerprint density at radius 3 is 2.86 bits per heavy atom. The largest absolute Gasteiger partial charge is 0.356 e. The summed E-state index contributed by atoms with van der Waals surface area (Å²) in [4.78, 5) is 14.1. The fourth-order valence-corrected chi connectivity index (χ4v) is 2.73. The van der Waals surface area contributed by atoms with Crippen LogP contribution in [0.25, 0.3) is 0 Å². The second kappa shape index (κ2) is 8.63. The van der Waals surface area contributed by atoms with Gasteiger partial charge in [0.25, 0.3) is 0 Å². The van der Waals surface area contributed by atoms with Crippen LogP contribution in [0.5, 0.6) is 0 Å². The topological polar surface area (TPSA) is 32.3 Å². The Hall–Kier alpha value is -1.61. The number of amides is 1. The minimum atomic E-state index is 0.192. The smallest absolute Gasteiger partial charge is 0.220 e. The number of carbonyl (C=O) groups is 1. The average Bonchev–Trinajstić information content (AvgIpc) is 2.97. The molecular formula is C18H26N2O. The summed E-state index contributed by atoms with van der Waals surface area (Å²) in [6.45, 7) is 2.73. The van der Waals surface area contributed by atoms with Gasteiger partial charge in [0.05, 0.1) is 0 Å². The van der Waals surface area contributed by atoms with Gasteiger partial charge in [0.15, 0.2) is 0 Å². The van der Waals surface area contributed by atoms with Gasteiger partial charge in [0, 0.05) is 19.5 Å². The van der Waals surface area contributed by atoms with Crippen LogP contribution in [0.1, 0.15) is 31.2 Å². The summed E-state index contributed by atoms with van der Waals surface area (Å²) in [6, 6.07) is 10.5. The molecule has 0 saturated heterocycles. The highest BCUT2D eigenvalue weighted by Crippen LogP contribution is 2.19. The third-order valence-electron chi connectivity index (χ3n) is 3.89. The molecule has 1 N–H and O–H groups in total. The Kier molecular flexibility index (Phi) is 6.48. The van der Waals surface area contributed by atoms with E-state index >= 15 is 0 Å². The van der Waals surface area contributed by atoms with Crippen molar-refractivity contribution in [2.24, 2.45) is 5.92 Å². The first-order chi connectivity index (χ1) is 10.2. The van der Waals surface area contributed by atoms with Gasteiger partial charge in [-0.15, -0.1) is 0 Å². The number of benzene rings is 1. The zero-order chi connectivity index (χ0) is 14.9. The third kappa shape index (κ3) is 6.13. The second-order valence-corrected chi connectivity index (χ2v) is 5.90. The van der Waals surface area contributed by atoms with Gasteiger partial charge in [-0.25, -0.2) is 0 Å². The second-order valence-electron chi connectivity index (χ2n) is 5.90. The van der Waals surface area contributed by atoms with Crippen LogP contribution in [0.2, 0.25) is 0 Å². The van der Waals surface area contributed by atoms with Crippen molar-refractivity contribution in [2.75, 3.05) is 20.1 Å². The SMILES string of the molecule is CN(CCCNC(=O)CC1C=CCC1)Cc1ccccc1. The molecule has 3 nitrogen and oxygen atoms in total. The first-order valence-corrected chi connectivity index (χ1v) is 7.90. The minimum Gasteiger partial charge on any atom is -0.356 e. The van der Waals surface area contributed by atoms with Gasteiger partial charge >= 0.3 is 0 Å². The Morgan fingerprint density at radius 1 is 1.33 bits per heavy atom. The van der Waals surface area contributed by atoms with Crippen molar-refractivity contribution in [3.63, 3.8) is 0 Å². The maximum atomic E-state index is 11.8. The summed E-state index contributed by atoms with van der Waals surface area (Å²) in [5.41, 5.74) is 1.33. The van der Waals surface area contributed by atoms with Gasteiger partial charge in [-0.2, -0.15) is 0 Å². The molecule has 0 bridgehead atoms. The van der Waals surface area contributed by atoms with Crippen LogP contribution in [0.15, 0.2) is 42.5 Å². The van der Waals surface area contributed by atoms with Crippen LogP contribution in [0, 0.1) is 5.92 Å². The summed E-state index contributed by atoms with van der Waals surface area (Å²) < 4.78 is 0. The Morgan fingerprint density at radius 2 is 2.14 bits per heavy atom. The van der Waals surface area contributed by atoms with E-state index in [1.54, 1.807) is 0 Å². The molecule has 1 atom stereocenters. The van der Waals surface area contributed by atoms with E-state index in [1.807, 2.05) is 6.07 Å². The van der Waals surface area contributed by atoms with Gasteiger partial charge in [-0.3, -0.25) is 4.79 Å². The molecule has 0 aliphatic heterocycles. The van der Waals surface area contributed by atoms with Crippen LogP contribution in [0.4, 0.5) is 0 Å². The van der Waals surface area contributed by atoms with Crippen molar-refractivity contribution < 1.29 is 4.79 Å². The zero-order valence-electron chi connectivity index (χ0n) is 12.9. The van der Waals surface area contributed by atoms with Crippen molar-refractivity contribution in [1.29, 1.82) is 0 Å². The third-order valence-corrected chi connectivity index (χ3v) is 3.89. The lowest BCUT2D eigenvalue weighted by atomic mass is 10.1. The maximum Gasteiger partial charge on any atom is 0.220 e. The summed E-state index contributed by atoms with van der Waals surface area (Å²) in [6.07, 6.45) is 8.26. The fourth-order valence-electron chi connectivity index (χ4n) is 2.73. The number of hydrogen-bond acceptors (Lipinski definition) is 2. The monoisotopic (exact) mass is 286 g/mol. The fraction of sp³-hybridized carbons (Fsp3) is 0.500. The molecule has 1 aliphatic rings. The summed E-state index contributed by atoms with van der Waals surface area (Å²) in [5.74, 6) is 0.656. The number of carbonyl (C=O) groups excluding carboxylic acids is 1. The predicted molar refractivity (Wildman–Crippen MR) is 86.9 cm³/mol. The molecule has 0 fully saturated rings. The number of allylic oxidation sites excluding steroid dienone is 2. The molecule has 1 aromatic rings. The number of hydrogen-bond donors (Lipinski definition) is 1. The van der Waals surface area contributed by atoms with Crippen LogP contribution >= 0.6 is 0 Å². The van der Waals surface area contributed by atoms with Crippen molar-refractivity contribution >= 4 is 5.91 Å². The van der Waals surface area contributed by atoms with Gasteiger partial charge in [0.1, 0.15) is 0 Å². The summed E-state index contributed by atoms with van der Waals surface area (Å²) in [5, 5.41) is 3.03. The molecule has 2 rings (SSSR count). The number of nitrogens with one attached hydrogen (secondary N) is 1. The van der Waals surface area contributed by atoms with Gasteiger partial charge in [-0.05, 0) is 44.3 Å². The van der Waals surface area contributed by atoms with Crippen molar-refractivity contribution in [3.05, 3.63) is 48.0 Å². The van der Waals surface area contributed by atoms with Crippen LogP contribution < -0.4 is 5.32 Å². The Balaban J connectivity index is 1.54. The summed E-state index contributed by atoms with van der Waals surface area (Å²) in [7, 11) is 2.12. The molecule has 1 amide bonds. The lowest BCUT2D eigenvalue weighted by molar-refractivity contribution is -0.121. The van der Waals surface area contributed by atoms with E-state index < -0.39 is 0 Å². The van der Waals surface area contributed by atoms with Crippen molar-refractivity contribution in [2.45, 2.75) is 32.2 Å². The molecule has 0 heterocycles. The van der Waals surface area contributed by atoms with E-state index in [0.717, 1.165) is 38.9 Å². The van der Waals surface area contributed by atoms with Crippen LogP contribution in [0.3, 0.4) is 0 Å². The molecule has 0 aromatic heterocycles. The quantitative estimate of drug-likeness (QED) is 0.588. The molecule has 0 spiro atoms. The summed E-state index contributed by atoms with van der Waals surface area (Å²) >= 11 is 0. The first-order valence-electron chi connectivity index (χ1n) is 7.90. The Labute approximate surface area is 128 Å². The maximum absolute atomic E-state index is 11.8. The standard InChI is InChI=1S/C18H26N2O/c1-20(15-17-10-3-2-4-11-17)13-7-12-19-18(21)14-16-8-5-6-9-16/h2-5,8,10-11,16H,6-7,9,12-15H2,1H3,(H,19,21). The molecule has 0 saturated carbocycles. The molecular weight excluding hydrogens is 260 g/mol. The van der Waals surface area contributed by atoms with Crippen molar-refractivity contribution in [1.82, 2.24) is 10.2 Å². The predicted octanol–water partition coefficient (Wildman–Crippen LogP) is 2.98. The average molecular weight is 286 g/mol. The highest BCUT2D eigenvalue weighted by Gasteiger charge is 2.13. The van der Waals surface area contributed by atoms with E-state index in [9.17, 15) is 4.79 Å². The zero-order valence-corrected chi connectivity index (χ0v) is 12.9. The number of nitrogens with zero attached hydrogens (tertiary/aromatic N) is 1. The molecule has 1 aromatic carbocycles. The van der Waals surface area contributed by atoms with E-state index in [2.05, 4.69) is 53.7 Å². The van der Waals surface area contributed by atoms with Crippen molar-refractivity contribution in [3.8, 4) is 0 Å². The molecule has 21 heavy (non-hydrogen) atoms. The molecule has 114 valence electrons. The Bertz CT molecular complexity index is 456.